The van der Waals surface area contributed by atoms with Crippen LogP contribution in [0.1, 0.15) is 33.6 Å². The smallest absolute Gasteiger partial charge is 0.233 e. The third kappa shape index (κ3) is 4.61. The molecule has 0 aromatic heterocycles. The van der Waals surface area contributed by atoms with Gasteiger partial charge in [0.25, 0.3) is 0 Å². The fraction of sp³-hybridized carbons (Fsp3) is 0.500. The minimum absolute atomic E-state index is 0.0528. The van der Waals surface area contributed by atoms with Gasteiger partial charge in [0.2, 0.25) is 5.91 Å². The zero-order valence-electron chi connectivity index (χ0n) is 11.1. The van der Waals surface area contributed by atoms with Crippen molar-refractivity contribution in [2.45, 2.75) is 49.8 Å². The molecule has 0 spiro atoms. The zero-order valence-corrected chi connectivity index (χ0v) is 12.0. The van der Waals surface area contributed by atoms with E-state index in [4.69, 9.17) is 0 Å². The summed E-state index contributed by atoms with van der Waals surface area (Å²) in [4.78, 5) is 12.9. The van der Waals surface area contributed by atoms with Crippen molar-refractivity contribution in [3.63, 3.8) is 0 Å². The van der Waals surface area contributed by atoms with E-state index < -0.39 is 0 Å². The van der Waals surface area contributed by atoms with Gasteiger partial charge in [-0.15, -0.1) is 11.8 Å². The minimum atomic E-state index is -0.160. The van der Waals surface area contributed by atoms with Crippen molar-refractivity contribution >= 4 is 17.7 Å². The molecule has 0 saturated carbocycles. The van der Waals surface area contributed by atoms with Crippen molar-refractivity contribution < 1.29 is 9.90 Å². The van der Waals surface area contributed by atoms with Gasteiger partial charge < -0.3 is 10.4 Å². The predicted molar refractivity (Wildman–Crippen MR) is 75.9 cm³/mol. The molecule has 0 aliphatic heterocycles. The van der Waals surface area contributed by atoms with Crippen molar-refractivity contribution in [3.05, 3.63) is 24.3 Å². The summed E-state index contributed by atoms with van der Waals surface area (Å²) in [5, 5.41) is 12.2. The molecule has 0 aliphatic carbocycles. The fourth-order valence-electron chi connectivity index (χ4n) is 1.63. The Morgan fingerprint density at radius 1 is 1.39 bits per heavy atom. The molecule has 18 heavy (non-hydrogen) atoms. The Balaban J connectivity index is 2.54. The minimum Gasteiger partial charge on any atom is -0.508 e. The van der Waals surface area contributed by atoms with Crippen LogP contribution in [0.15, 0.2) is 29.2 Å². The fourth-order valence-corrected chi connectivity index (χ4v) is 2.56. The lowest BCUT2D eigenvalue weighted by Crippen LogP contribution is -2.38. The molecule has 1 atom stereocenters. The number of benzene rings is 1. The number of phenolic OH excluding ortho intramolecular Hbond substituents is 1. The van der Waals surface area contributed by atoms with E-state index in [1.54, 1.807) is 18.2 Å². The Bertz CT molecular complexity index is 391. The predicted octanol–water partition coefficient (Wildman–Crippen LogP) is 3.18. The van der Waals surface area contributed by atoms with Gasteiger partial charge in [-0.25, -0.2) is 0 Å². The summed E-state index contributed by atoms with van der Waals surface area (Å²) in [5.74, 6) is 0.282. The molecule has 1 rings (SSSR count). The lowest BCUT2D eigenvalue weighted by atomic mass is 10.2. The molecule has 3 nitrogen and oxygen atoms in total. The second kappa shape index (κ2) is 7.31. The zero-order chi connectivity index (χ0) is 13.5. The van der Waals surface area contributed by atoms with Crippen LogP contribution in [0.4, 0.5) is 0 Å². The average Bonchev–Trinajstić information content (AvgIpc) is 2.35. The van der Waals surface area contributed by atoms with E-state index >= 15 is 0 Å². The van der Waals surface area contributed by atoms with Crippen LogP contribution in [0.3, 0.4) is 0 Å². The molecule has 2 N–H and O–H groups in total. The van der Waals surface area contributed by atoms with Gasteiger partial charge in [-0.3, -0.25) is 4.79 Å². The summed E-state index contributed by atoms with van der Waals surface area (Å²) >= 11 is 1.46. The molecule has 0 aliphatic rings. The van der Waals surface area contributed by atoms with E-state index in [1.165, 1.54) is 11.8 Å². The number of nitrogens with one attached hydrogen (secondary N) is 1. The molecule has 4 heteroatoms. The van der Waals surface area contributed by atoms with Crippen molar-refractivity contribution in [2.75, 3.05) is 0 Å². The maximum atomic E-state index is 12.0. The second-order valence-electron chi connectivity index (χ2n) is 4.28. The first-order chi connectivity index (χ1) is 8.56. The van der Waals surface area contributed by atoms with Crippen LogP contribution in [-0.4, -0.2) is 22.3 Å². The number of rotatable bonds is 6. The summed E-state index contributed by atoms with van der Waals surface area (Å²) in [6.07, 6.45) is 1.90. The van der Waals surface area contributed by atoms with Gasteiger partial charge in [0.15, 0.2) is 0 Å². The highest BCUT2D eigenvalue weighted by molar-refractivity contribution is 8.00. The molecular formula is C14H21NO2S. The van der Waals surface area contributed by atoms with Crippen LogP contribution < -0.4 is 5.32 Å². The normalized spacial score (nSPS) is 12.4. The summed E-state index contributed by atoms with van der Waals surface area (Å²) in [6.45, 7) is 6.02. The number of amides is 1. The number of hydrogen-bond acceptors (Lipinski definition) is 3. The van der Waals surface area contributed by atoms with E-state index in [0.717, 1.165) is 17.7 Å². The van der Waals surface area contributed by atoms with Crippen molar-refractivity contribution in [2.24, 2.45) is 0 Å². The number of aromatic hydroxyl groups is 1. The molecule has 0 radical (unpaired) electrons. The molecule has 0 bridgehead atoms. The lowest BCUT2D eigenvalue weighted by molar-refractivity contribution is -0.121. The van der Waals surface area contributed by atoms with Crippen LogP contribution in [0.25, 0.3) is 0 Å². The van der Waals surface area contributed by atoms with Crippen LogP contribution >= 0.6 is 11.8 Å². The number of carbonyl (C=O) groups excluding carboxylic acids is 1. The first-order valence-electron chi connectivity index (χ1n) is 6.32. The number of hydrogen-bond donors (Lipinski definition) is 2. The van der Waals surface area contributed by atoms with Crippen molar-refractivity contribution in [1.82, 2.24) is 5.32 Å². The maximum absolute atomic E-state index is 12.0. The van der Waals surface area contributed by atoms with Gasteiger partial charge >= 0.3 is 0 Å². The van der Waals surface area contributed by atoms with Gasteiger partial charge in [0.1, 0.15) is 5.75 Å². The van der Waals surface area contributed by atoms with Crippen molar-refractivity contribution in [1.29, 1.82) is 0 Å². The second-order valence-corrected chi connectivity index (χ2v) is 5.69. The molecule has 0 saturated heterocycles. The summed E-state index contributed by atoms with van der Waals surface area (Å²) in [5.41, 5.74) is 0. The maximum Gasteiger partial charge on any atom is 0.233 e. The molecular weight excluding hydrogens is 246 g/mol. The van der Waals surface area contributed by atoms with Crippen LogP contribution in [0.5, 0.6) is 5.75 Å². The Labute approximate surface area is 113 Å². The summed E-state index contributed by atoms with van der Waals surface area (Å²) in [7, 11) is 0. The van der Waals surface area contributed by atoms with Crippen LogP contribution in [0, 0.1) is 0 Å². The van der Waals surface area contributed by atoms with E-state index in [2.05, 4.69) is 19.2 Å². The van der Waals surface area contributed by atoms with Crippen LogP contribution in [0.2, 0.25) is 0 Å². The third-order valence-corrected chi connectivity index (χ3v) is 3.93. The van der Waals surface area contributed by atoms with E-state index in [-0.39, 0.29) is 22.9 Å². The largest absolute Gasteiger partial charge is 0.508 e. The topological polar surface area (TPSA) is 49.3 Å². The highest BCUT2D eigenvalue weighted by Crippen LogP contribution is 2.26. The van der Waals surface area contributed by atoms with Gasteiger partial charge in [-0.05, 0) is 38.0 Å². The molecule has 0 heterocycles. The standard InChI is InChI=1S/C14H21NO2S/c1-4-11(5-2)15-14(17)10(3)18-13-8-6-7-12(16)9-13/h6-11,16H,4-5H2,1-3H3,(H,15,17). The summed E-state index contributed by atoms with van der Waals surface area (Å²) < 4.78 is 0. The SMILES string of the molecule is CCC(CC)NC(=O)C(C)Sc1cccc(O)c1. The first kappa shape index (κ1) is 14.9. The van der Waals surface area contributed by atoms with Gasteiger partial charge in [-0.2, -0.15) is 0 Å². The van der Waals surface area contributed by atoms with Crippen molar-refractivity contribution in [3.8, 4) is 5.75 Å². The Morgan fingerprint density at radius 3 is 2.61 bits per heavy atom. The van der Waals surface area contributed by atoms with E-state index in [0.29, 0.717) is 0 Å². The highest BCUT2D eigenvalue weighted by atomic mass is 32.2. The molecule has 1 aromatic carbocycles. The Morgan fingerprint density at radius 2 is 2.06 bits per heavy atom. The molecule has 1 unspecified atom stereocenters. The van der Waals surface area contributed by atoms with Gasteiger partial charge in [0.05, 0.1) is 5.25 Å². The Hall–Kier alpha value is -1.16. The highest BCUT2D eigenvalue weighted by Gasteiger charge is 2.16. The number of thioether (sulfide) groups is 1. The number of phenols is 1. The van der Waals surface area contributed by atoms with Crippen LogP contribution in [-0.2, 0) is 4.79 Å². The first-order valence-corrected chi connectivity index (χ1v) is 7.20. The monoisotopic (exact) mass is 267 g/mol. The third-order valence-electron chi connectivity index (χ3n) is 2.83. The molecule has 100 valence electrons. The van der Waals surface area contributed by atoms with Gasteiger partial charge in [0, 0.05) is 10.9 Å². The Kier molecular flexibility index (Phi) is 6.05. The number of carbonyl (C=O) groups is 1. The summed E-state index contributed by atoms with van der Waals surface area (Å²) in [6, 6.07) is 7.23. The average molecular weight is 267 g/mol. The van der Waals surface area contributed by atoms with Gasteiger partial charge in [-0.1, -0.05) is 19.9 Å². The van der Waals surface area contributed by atoms with E-state index in [1.807, 2.05) is 13.0 Å². The molecule has 1 amide bonds. The quantitative estimate of drug-likeness (QED) is 0.778. The molecule has 0 fully saturated rings. The lowest BCUT2D eigenvalue weighted by Gasteiger charge is -2.18. The van der Waals surface area contributed by atoms with E-state index in [9.17, 15) is 9.90 Å². The molecule has 1 aromatic rings.